The molecule has 2 N–H and O–H groups in total. The van der Waals surface area contributed by atoms with Crippen molar-refractivity contribution >= 4 is 45.2 Å². The van der Waals surface area contributed by atoms with Gasteiger partial charge in [0, 0.05) is 32.9 Å². The lowest BCUT2D eigenvalue weighted by atomic mass is 10.2. The maximum Gasteiger partial charge on any atom is 0.252 e. The number of nitrogens with one attached hydrogen (secondary N) is 2. The summed E-state index contributed by atoms with van der Waals surface area (Å²) < 4.78 is 0.932. The molecule has 2 amide bonds. The van der Waals surface area contributed by atoms with Crippen LogP contribution in [-0.4, -0.2) is 18.4 Å². The third-order valence-corrected chi connectivity index (χ3v) is 5.81. The van der Waals surface area contributed by atoms with Crippen molar-refractivity contribution in [3.63, 3.8) is 0 Å². The van der Waals surface area contributed by atoms with Gasteiger partial charge in [0.1, 0.15) is 6.07 Å². The zero-order valence-electron chi connectivity index (χ0n) is 15.9. The minimum absolute atomic E-state index is 0.161. The predicted molar refractivity (Wildman–Crippen MR) is 121 cm³/mol. The number of carbonyl (C=O) groups is 2. The summed E-state index contributed by atoms with van der Waals surface area (Å²) in [6, 6.07) is 23.9. The minimum Gasteiger partial charge on any atom is -0.351 e. The van der Waals surface area contributed by atoms with Gasteiger partial charge in [-0.15, -0.1) is 0 Å². The van der Waals surface area contributed by atoms with Gasteiger partial charge in [-0.2, -0.15) is 5.26 Å². The van der Waals surface area contributed by atoms with Crippen molar-refractivity contribution in [1.29, 1.82) is 5.26 Å². The SMILES string of the molecule is N#Cc1ccccc1Sc1ccccc1C(=O)NCCC(=O)Nc1ccc(Br)cc1. The van der Waals surface area contributed by atoms with E-state index in [-0.39, 0.29) is 24.8 Å². The molecule has 3 rings (SSSR count). The first-order valence-corrected chi connectivity index (χ1v) is 10.8. The van der Waals surface area contributed by atoms with Gasteiger partial charge in [0.2, 0.25) is 5.91 Å². The molecular weight excluding hydrogens is 462 g/mol. The van der Waals surface area contributed by atoms with Crippen molar-refractivity contribution in [3.05, 3.63) is 88.4 Å². The number of hydrogen-bond acceptors (Lipinski definition) is 4. The molecule has 3 aromatic rings. The molecule has 0 aliphatic rings. The monoisotopic (exact) mass is 479 g/mol. The van der Waals surface area contributed by atoms with Crippen molar-refractivity contribution in [3.8, 4) is 6.07 Å². The molecule has 0 aliphatic carbocycles. The smallest absolute Gasteiger partial charge is 0.252 e. The van der Waals surface area contributed by atoms with Crippen LogP contribution in [0.3, 0.4) is 0 Å². The summed E-state index contributed by atoms with van der Waals surface area (Å²) in [6.45, 7) is 0.217. The van der Waals surface area contributed by atoms with E-state index in [4.69, 9.17) is 0 Å². The van der Waals surface area contributed by atoms with Crippen molar-refractivity contribution in [1.82, 2.24) is 5.32 Å². The van der Waals surface area contributed by atoms with Gasteiger partial charge in [0.15, 0.2) is 0 Å². The van der Waals surface area contributed by atoms with Crippen molar-refractivity contribution in [2.24, 2.45) is 0 Å². The normalized spacial score (nSPS) is 10.1. The van der Waals surface area contributed by atoms with E-state index in [9.17, 15) is 14.9 Å². The summed E-state index contributed by atoms with van der Waals surface area (Å²) in [5.41, 5.74) is 1.76. The Bertz CT molecular complexity index is 1090. The van der Waals surface area contributed by atoms with Crippen LogP contribution in [0, 0.1) is 11.3 Å². The lowest BCUT2D eigenvalue weighted by Gasteiger charge is -2.11. The van der Waals surface area contributed by atoms with Crippen LogP contribution in [0.25, 0.3) is 0 Å². The maximum absolute atomic E-state index is 12.7. The molecule has 0 spiro atoms. The van der Waals surface area contributed by atoms with Crippen LogP contribution in [0.5, 0.6) is 0 Å². The molecule has 0 bridgehead atoms. The summed E-state index contributed by atoms with van der Waals surface area (Å²) in [4.78, 5) is 26.3. The Balaban J connectivity index is 1.59. The fourth-order valence-electron chi connectivity index (χ4n) is 2.65. The standard InChI is InChI=1S/C23H18BrN3O2S/c24-17-9-11-18(12-10-17)27-22(28)13-14-26-23(29)19-6-2-4-8-21(19)30-20-7-3-1-5-16(20)15-25/h1-12H,13-14H2,(H,26,29)(H,27,28). The molecule has 0 aromatic heterocycles. The Morgan fingerprint density at radius 3 is 2.33 bits per heavy atom. The number of halogens is 1. The number of benzene rings is 3. The van der Waals surface area contributed by atoms with E-state index < -0.39 is 0 Å². The average Bonchev–Trinajstić information content (AvgIpc) is 2.76. The second-order valence-corrected chi connectivity index (χ2v) is 8.27. The highest BCUT2D eigenvalue weighted by molar-refractivity contribution is 9.10. The summed E-state index contributed by atoms with van der Waals surface area (Å²) in [6.07, 6.45) is 0.161. The molecule has 0 saturated heterocycles. The number of carbonyl (C=O) groups excluding carboxylic acids is 2. The molecule has 5 nitrogen and oxygen atoms in total. The maximum atomic E-state index is 12.7. The lowest BCUT2D eigenvalue weighted by molar-refractivity contribution is -0.116. The summed E-state index contributed by atoms with van der Waals surface area (Å²) in [5, 5.41) is 14.9. The largest absolute Gasteiger partial charge is 0.351 e. The Labute approximate surface area is 187 Å². The van der Waals surface area contributed by atoms with Crippen molar-refractivity contribution < 1.29 is 9.59 Å². The van der Waals surface area contributed by atoms with E-state index in [1.807, 2.05) is 36.4 Å². The highest BCUT2D eigenvalue weighted by Gasteiger charge is 2.13. The molecule has 0 radical (unpaired) electrons. The molecule has 0 heterocycles. The first-order valence-electron chi connectivity index (χ1n) is 9.16. The molecule has 150 valence electrons. The molecular formula is C23H18BrN3O2S. The Kier molecular flexibility index (Phi) is 7.66. The Hall–Kier alpha value is -3.08. The van der Waals surface area contributed by atoms with Gasteiger partial charge < -0.3 is 10.6 Å². The van der Waals surface area contributed by atoms with Crippen LogP contribution in [0.4, 0.5) is 5.69 Å². The number of anilines is 1. The fraction of sp³-hybridized carbons (Fsp3) is 0.0870. The van der Waals surface area contributed by atoms with Gasteiger partial charge in [-0.25, -0.2) is 0 Å². The Morgan fingerprint density at radius 1 is 0.933 bits per heavy atom. The highest BCUT2D eigenvalue weighted by Crippen LogP contribution is 2.32. The molecule has 0 fully saturated rings. The Morgan fingerprint density at radius 2 is 1.60 bits per heavy atom. The van der Waals surface area contributed by atoms with Gasteiger partial charge in [0.25, 0.3) is 5.91 Å². The quantitative estimate of drug-likeness (QED) is 0.485. The van der Waals surface area contributed by atoms with Gasteiger partial charge in [-0.1, -0.05) is 52.0 Å². The van der Waals surface area contributed by atoms with Crippen molar-refractivity contribution in [2.75, 3.05) is 11.9 Å². The van der Waals surface area contributed by atoms with Crippen molar-refractivity contribution in [2.45, 2.75) is 16.2 Å². The summed E-state index contributed by atoms with van der Waals surface area (Å²) in [5.74, 6) is -0.438. The molecule has 0 unspecified atom stereocenters. The van der Waals surface area contributed by atoms with E-state index in [1.165, 1.54) is 11.8 Å². The van der Waals surface area contributed by atoms with E-state index in [1.54, 1.807) is 36.4 Å². The van der Waals surface area contributed by atoms with E-state index in [2.05, 4.69) is 32.6 Å². The number of nitrogens with zero attached hydrogens (tertiary/aromatic N) is 1. The predicted octanol–water partition coefficient (Wildman–Crippen LogP) is 5.23. The summed E-state index contributed by atoms with van der Waals surface area (Å²) >= 11 is 4.72. The van der Waals surface area contributed by atoms with Crippen LogP contribution in [0.1, 0.15) is 22.3 Å². The molecule has 7 heteroatoms. The van der Waals surface area contributed by atoms with Gasteiger partial charge in [-0.3, -0.25) is 9.59 Å². The minimum atomic E-state index is -0.260. The molecule has 0 saturated carbocycles. The zero-order chi connectivity index (χ0) is 21.3. The second-order valence-electron chi connectivity index (χ2n) is 6.27. The highest BCUT2D eigenvalue weighted by atomic mass is 79.9. The van der Waals surface area contributed by atoms with Crippen LogP contribution in [0.15, 0.2) is 87.1 Å². The van der Waals surface area contributed by atoms with Gasteiger partial charge in [-0.05, 0) is 48.5 Å². The van der Waals surface area contributed by atoms with Crippen LogP contribution >= 0.6 is 27.7 Å². The topological polar surface area (TPSA) is 82.0 Å². The molecule has 0 aliphatic heterocycles. The van der Waals surface area contributed by atoms with Crippen LogP contribution < -0.4 is 10.6 Å². The third-order valence-electron chi connectivity index (χ3n) is 4.12. The molecule has 30 heavy (non-hydrogen) atoms. The number of hydrogen-bond donors (Lipinski definition) is 2. The molecule has 0 atom stereocenters. The van der Waals surface area contributed by atoms with E-state index in [0.29, 0.717) is 16.8 Å². The number of nitriles is 1. The fourth-order valence-corrected chi connectivity index (χ4v) is 3.94. The summed E-state index contributed by atoms with van der Waals surface area (Å²) in [7, 11) is 0. The zero-order valence-corrected chi connectivity index (χ0v) is 18.3. The van der Waals surface area contributed by atoms with E-state index >= 15 is 0 Å². The number of amides is 2. The van der Waals surface area contributed by atoms with E-state index in [0.717, 1.165) is 14.3 Å². The third kappa shape index (κ3) is 5.96. The number of rotatable bonds is 7. The van der Waals surface area contributed by atoms with Crippen LogP contribution in [0.2, 0.25) is 0 Å². The first kappa shape index (κ1) is 21.6. The van der Waals surface area contributed by atoms with Crippen LogP contribution in [-0.2, 0) is 4.79 Å². The lowest BCUT2D eigenvalue weighted by Crippen LogP contribution is -2.28. The van der Waals surface area contributed by atoms with Gasteiger partial charge >= 0.3 is 0 Å². The second kappa shape index (κ2) is 10.6. The molecule has 3 aromatic carbocycles. The first-order chi connectivity index (χ1) is 14.6. The average molecular weight is 480 g/mol. The van der Waals surface area contributed by atoms with Gasteiger partial charge in [0.05, 0.1) is 11.1 Å².